The van der Waals surface area contributed by atoms with E-state index < -0.39 is 0 Å². The fourth-order valence-electron chi connectivity index (χ4n) is 1.88. The molecule has 0 radical (unpaired) electrons. The summed E-state index contributed by atoms with van der Waals surface area (Å²) in [5, 5.41) is 3.29. The second kappa shape index (κ2) is 4.36. The summed E-state index contributed by atoms with van der Waals surface area (Å²) >= 11 is 0. The highest BCUT2D eigenvalue weighted by Crippen LogP contribution is 2.22. The fourth-order valence-corrected chi connectivity index (χ4v) is 1.88. The van der Waals surface area contributed by atoms with E-state index in [1.54, 1.807) is 12.4 Å². The van der Waals surface area contributed by atoms with Gasteiger partial charge in [0.15, 0.2) is 0 Å². The maximum Gasteiger partial charge on any atom is 0.0934 e. The van der Waals surface area contributed by atoms with Crippen molar-refractivity contribution in [1.82, 2.24) is 15.3 Å². The van der Waals surface area contributed by atoms with Crippen LogP contribution in [0.25, 0.3) is 11.0 Å². The first-order valence-electron chi connectivity index (χ1n) is 5.23. The van der Waals surface area contributed by atoms with Gasteiger partial charge in [0.25, 0.3) is 0 Å². The van der Waals surface area contributed by atoms with Crippen molar-refractivity contribution in [3.05, 3.63) is 36.2 Å². The van der Waals surface area contributed by atoms with Crippen molar-refractivity contribution in [2.24, 2.45) is 0 Å². The molecule has 0 aliphatic carbocycles. The Hall–Kier alpha value is -1.48. The number of para-hydroxylation sites is 1. The lowest BCUT2D eigenvalue weighted by atomic mass is 10.0. The van der Waals surface area contributed by atoms with Gasteiger partial charge >= 0.3 is 0 Å². The van der Waals surface area contributed by atoms with Crippen molar-refractivity contribution in [3.8, 4) is 0 Å². The predicted octanol–water partition coefficient (Wildman–Crippen LogP) is 2.30. The lowest BCUT2D eigenvalue weighted by Crippen LogP contribution is -2.15. The first kappa shape index (κ1) is 10.1. The largest absolute Gasteiger partial charge is 0.313 e. The zero-order valence-corrected chi connectivity index (χ0v) is 9.07. The Morgan fingerprint density at radius 2 is 2.07 bits per heavy atom. The summed E-state index contributed by atoms with van der Waals surface area (Å²) in [6.07, 6.45) is 4.52. The van der Waals surface area contributed by atoms with Crippen LogP contribution in [0.5, 0.6) is 0 Å². The van der Waals surface area contributed by atoms with Crippen molar-refractivity contribution in [3.63, 3.8) is 0 Å². The molecule has 0 saturated carbocycles. The SMILES string of the molecule is CCC(NC)c1cccc2nccnc12. The van der Waals surface area contributed by atoms with E-state index in [0.717, 1.165) is 17.5 Å². The normalized spacial score (nSPS) is 12.9. The molecule has 0 bridgehead atoms. The maximum atomic E-state index is 4.40. The van der Waals surface area contributed by atoms with E-state index in [0.29, 0.717) is 6.04 Å². The lowest BCUT2D eigenvalue weighted by Gasteiger charge is -2.15. The van der Waals surface area contributed by atoms with E-state index in [1.165, 1.54) is 5.56 Å². The highest BCUT2D eigenvalue weighted by molar-refractivity contribution is 5.77. The van der Waals surface area contributed by atoms with Crippen LogP contribution in [0.2, 0.25) is 0 Å². The van der Waals surface area contributed by atoms with Gasteiger partial charge in [0.1, 0.15) is 0 Å². The van der Waals surface area contributed by atoms with Gasteiger partial charge < -0.3 is 5.32 Å². The molecule has 0 fully saturated rings. The molecular formula is C12H15N3. The van der Waals surface area contributed by atoms with Gasteiger partial charge in [-0.25, -0.2) is 0 Å². The molecule has 2 rings (SSSR count). The molecule has 3 heteroatoms. The molecule has 0 amide bonds. The minimum atomic E-state index is 0.352. The minimum absolute atomic E-state index is 0.352. The second-order valence-electron chi connectivity index (χ2n) is 3.52. The molecule has 2 aromatic rings. The van der Waals surface area contributed by atoms with Crippen LogP contribution in [0, 0.1) is 0 Å². The number of aromatic nitrogens is 2. The monoisotopic (exact) mass is 201 g/mol. The van der Waals surface area contributed by atoms with Gasteiger partial charge in [-0.1, -0.05) is 19.1 Å². The summed E-state index contributed by atoms with van der Waals surface area (Å²) < 4.78 is 0. The molecule has 78 valence electrons. The first-order chi connectivity index (χ1) is 7.36. The third-order valence-electron chi connectivity index (χ3n) is 2.66. The van der Waals surface area contributed by atoms with E-state index in [1.807, 2.05) is 19.2 Å². The van der Waals surface area contributed by atoms with E-state index in [-0.39, 0.29) is 0 Å². The molecule has 1 atom stereocenters. The van der Waals surface area contributed by atoms with Crippen molar-refractivity contribution in [1.29, 1.82) is 0 Å². The summed E-state index contributed by atoms with van der Waals surface area (Å²) in [4.78, 5) is 8.70. The van der Waals surface area contributed by atoms with Crippen LogP contribution in [0.3, 0.4) is 0 Å². The summed E-state index contributed by atoms with van der Waals surface area (Å²) in [7, 11) is 1.98. The number of nitrogens with zero attached hydrogens (tertiary/aromatic N) is 2. The average Bonchev–Trinajstić information content (AvgIpc) is 2.31. The third-order valence-corrected chi connectivity index (χ3v) is 2.66. The number of nitrogens with one attached hydrogen (secondary N) is 1. The van der Waals surface area contributed by atoms with Crippen molar-refractivity contribution in [2.75, 3.05) is 7.05 Å². The van der Waals surface area contributed by atoms with Gasteiger partial charge in [-0.15, -0.1) is 0 Å². The van der Waals surface area contributed by atoms with Crippen LogP contribution < -0.4 is 5.32 Å². The van der Waals surface area contributed by atoms with Gasteiger partial charge in [0.05, 0.1) is 11.0 Å². The highest BCUT2D eigenvalue weighted by Gasteiger charge is 2.10. The van der Waals surface area contributed by atoms with Gasteiger partial charge in [0, 0.05) is 18.4 Å². The Morgan fingerprint density at radius 3 is 2.80 bits per heavy atom. The summed E-state index contributed by atoms with van der Waals surface area (Å²) in [6.45, 7) is 2.16. The van der Waals surface area contributed by atoms with E-state index in [2.05, 4.69) is 28.3 Å². The van der Waals surface area contributed by atoms with Crippen molar-refractivity contribution >= 4 is 11.0 Å². The quantitative estimate of drug-likeness (QED) is 0.828. The Labute approximate surface area is 89.6 Å². The average molecular weight is 201 g/mol. The molecule has 1 aromatic heterocycles. The zero-order valence-electron chi connectivity index (χ0n) is 9.07. The summed E-state index contributed by atoms with van der Waals surface area (Å²) in [5.41, 5.74) is 3.19. The molecule has 0 aliphatic heterocycles. The van der Waals surface area contributed by atoms with Gasteiger partial charge in [-0.2, -0.15) is 0 Å². The molecule has 15 heavy (non-hydrogen) atoms. The molecule has 0 saturated heterocycles. The summed E-state index contributed by atoms with van der Waals surface area (Å²) in [6, 6.07) is 6.49. The van der Waals surface area contributed by atoms with Gasteiger partial charge in [0.2, 0.25) is 0 Å². The maximum absolute atomic E-state index is 4.40. The molecule has 1 unspecified atom stereocenters. The Bertz CT molecular complexity index is 444. The lowest BCUT2D eigenvalue weighted by molar-refractivity contribution is 0.580. The number of rotatable bonds is 3. The number of fused-ring (bicyclic) bond motifs is 1. The molecule has 3 nitrogen and oxygen atoms in total. The molecule has 1 aromatic carbocycles. The van der Waals surface area contributed by atoms with E-state index in [9.17, 15) is 0 Å². The molecule has 0 spiro atoms. The van der Waals surface area contributed by atoms with Crippen molar-refractivity contribution < 1.29 is 0 Å². The van der Waals surface area contributed by atoms with Crippen LogP contribution in [0.1, 0.15) is 24.9 Å². The van der Waals surface area contributed by atoms with Crippen LogP contribution in [0.15, 0.2) is 30.6 Å². The van der Waals surface area contributed by atoms with Gasteiger partial charge in [-0.05, 0) is 25.1 Å². The number of hydrogen-bond acceptors (Lipinski definition) is 3. The molecule has 0 aliphatic rings. The van der Waals surface area contributed by atoms with Crippen LogP contribution >= 0.6 is 0 Å². The smallest absolute Gasteiger partial charge is 0.0934 e. The second-order valence-corrected chi connectivity index (χ2v) is 3.52. The Kier molecular flexibility index (Phi) is 2.92. The number of benzene rings is 1. The summed E-state index contributed by atoms with van der Waals surface area (Å²) in [5.74, 6) is 0. The van der Waals surface area contributed by atoms with Gasteiger partial charge in [-0.3, -0.25) is 9.97 Å². The van der Waals surface area contributed by atoms with E-state index >= 15 is 0 Å². The van der Waals surface area contributed by atoms with Crippen molar-refractivity contribution in [2.45, 2.75) is 19.4 Å². The fraction of sp³-hybridized carbons (Fsp3) is 0.333. The Morgan fingerprint density at radius 1 is 1.27 bits per heavy atom. The Balaban J connectivity index is 2.59. The third kappa shape index (κ3) is 1.83. The van der Waals surface area contributed by atoms with Crippen LogP contribution in [-0.2, 0) is 0 Å². The van der Waals surface area contributed by atoms with E-state index in [4.69, 9.17) is 0 Å². The predicted molar refractivity (Wildman–Crippen MR) is 61.6 cm³/mol. The highest BCUT2D eigenvalue weighted by atomic mass is 14.9. The topological polar surface area (TPSA) is 37.8 Å². The molecular weight excluding hydrogens is 186 g/mol. The first-order valence-corrected chi connectivity index (χ1v) is 5.23. The standard InChI is InChI=1S/C12H15N3/c1-3-10(13-2)9-5-4-6-11-12(9)15-8-7-14-11/h4-8,10,13H,3H2,1-2H3. The minimum Gasteiger partial charge on any atom is -0.313 e. The van der Waals surface area contributed by atoms with Crippen LogP contribution in [-0.4, -0.2) is 17.0 Å². The number of hydrogen-bond donors (Lipinski definition) is 1. The zero-order chi connectivity index (χ0) is 10.7. The molecule has 1 N–H and O–H groups in total. The molecule has 1 heterocycles. The van der Waals surface area contributed by atoms with Crippen LogP contribution in [0.4, 0.5) is 0 Å².